The third-order valence-electron chi connectivity index (χ3n) is 5.77. The predicted molar refractivity (Wildman–Crippen MR) is 130 cm³/mol. The fourth-order valence-electron chi connectivity index (χ4n) is 4.02. The van der Waals surface area contributed by atoms with Gasteiger partial charge in [-0.15, -0.1) is 0 Å². The first-order chi connectivity index (χ1) is 16.4. The second-order valence-corrected chi connectivity index (χ2v) is 8.00. The van der Waals surface area contributed by atoms with Gasteiger partial charge in [0.05, 0.1) is 14.2 Å². The van der Waals surface area contributed by atoms with E-state index in [2.05, 4.69) is 0 Å². The number of hydrogen-bond donors (Lipinski definition) is 4. The van der Waals surface area contributed by atoms with Gasteiger partial charge in [0.25, 0.3) is 0 Å². The van der Waals surface area contributed by atoms with Crippen molar-refractivity contribution in [3.05, 3.63) is 95.1 Å². The summed E-state index contributed by atoms with van der Waals surface area (Å²) in [5.41, 5.74) is 3.71. The van der Waals surface area contributed by atoms with E-state index < -0.39 is 0 Å². The predicted octanol–water partition coefficient (Wildman–Crippen LogP) is 5.37. The second kappa shape index (κ2) is 9.67. The maximum atomic E-state index is 10.9. The molecule has 0 fully saturated rings. The molecule has 0 saturated carbocycles. The Hall–Kier alpha value is -4.32. The van der Waals surface area contributed by atoms with E-state index >= 15 is 0 Å². The van der Waals surface area contributed by atoms with Crippen molar-refractivity contribution in [1.82, 2.24) is 0 Å². The number of aromatic hydroxyl groups is 4. The number of phenols is 4. The lowest BCUT2D eigenvalue weighted by atomic mass is 9.94. The zero-order valence-corrected chi connectivity index (χ0v) is 18.9. The molecule has 6 heteroatoms. The number of ether oxygens (including phenoxy) is 2. The average Bonchev–Trinajstić information content (AvgIpc) is 2.84. The van der Waals surface area contributed by atoms with Gasteiger partial charge in [0.2, 0.25) is 0 Å². The summed E-state index contributed by atoms with van der Waals surface area (Å²) in [5.74, 6) is 0.580. The van der Waals surface area contributed by atoms with Crippen LogP contribution in [0.25, 0.3) is 11.1 Å². The standard InChI is InChI=1S/C28H26O6/c1-33-25-15-17(11-19-7-3-5-9-23(19)29)13-21(27(25)31)22-14-18(16-26(34-2)28(22)32)12-20-8-4-6-10-24(20)30/h3-10,13-16,29-32H,11-12H2,1-2H3. The molecular weight excluding hydrogens is 432 g/mol. The molecule has 0 atom stereocenters. The first-order valence-corrected chi connectivity index (χ1v) is 10.7. The molecule has 0 aliphatic rings. The fraction of sp³-hybridized carbons (Fsp3) is 0.143. The van der Waals surface area contributed by atoms with Crippen LogP contribution < -0.4 is 9.47 Å². The van der Waals surface area contributed by atoms with Gasteiger partial charge in [-0.1, -0.05) is 36.4 Å². The van der Waals surface area contributed by atoms with Crippen LogP contribution in [0.3, 0.4) is 0 Å². The van der Waals surface area contributed by atoms with Crippen LogP contribution in [0.5, 0.6) is 34.5 Å². The quantitative estimate of drug-likeness (QED) is 0.297. The molecule has 0 bridgehead atoms. The van der Waals surface area contributed by atoms with Crippen molar-refractivity contribution >= 4 is 0 Å². The first-order valence-electron chi connectivity index (χ1n) is 10.7. The SMILES string of the molecule is COc1cc(Cc2ccccc2O)cc(-c2cc(Cc3ccccc3O)cc(OC)c2O)c1O. The van der Waals surface area contributed by atoms with Crippen LogP contribution in [-0.2, 0) is 12.8 Å². The van der Waals surface area contributed by atoms with E-state index in [1.54, 1.807) is 48.5 Å². The van der Waals surface area contributed by atoms with Crippen LogP contribution in [0.1, 0.15) is 22.3 Å². The third-order valence-corrected chi connectivity index (χ3v) is 5.77. The zero-order chi connectivity index (χ0) is 24.2. The highest BCUT2D eigenvalue weighted by Crippen LogP contribution is 2.46. The van der Waals surface area contributed by atoms with Crippen LogP contribution in [0.15, 0.2) is 72.8 Å². The average molecular weight is 459 g/mol. The summed E-state index contributed by atoms with van der Waals surface area (Å²) < 4.78 is 10.8. The smallest absolute Gasteiger partial charge is 0.165 e. The molecule has 0 radical (unpaired) electrons. The van der Waals surface area contributed by atoms with Gasteiger partial charge in [-0.25, -0.2) is 0 Å². The highest BCUT2D eigenvalue weighted by atomic mass is 16.5. The molecule has 0 unspecified atom stereocenters. The maximum Gasteiger partial charge on any atom is 0.165 e. The molecular formula is C28H26O6. The van der Waals surface area contributed by atoms with Crippen molar-refractivity contribution in [3.63, 3.8) is 0 Å². The third kappa shape index (κ3) is 4.57. The van der Waals surface area contributed by atoms with Crippen LogP contribution in [0.2, 0.25) is 0 Å². The van der Waals surface area contributed by atoms with E-state index in [-0.39, 0.29) is 34.5 Å². The minimum absolute atomic E-state index is 0.124. The molecule has 0 aliphatic heterocycles. The number of benzene rings is 4. The molecule has 34 heavy (non-hydrogen) atoms. The van der Waals surface area contributed by atoms with Gasteiger partial charge in [-0.3, -0.25) is 0 Å². The Morgan fingerprint density at radius 2 is 0.941 bits per heavy atom. The van der Waals surface area contributed by atoms with Crippen molar-refractivity contribution in [3.8, 4) is 45.6 Å². The Bertz CT molecular complexity index is 1230. The zero-order valence-electron chi connectivity index (χ0n) is 18.9. The minimum Gasteiger partial charge on any atom is -0.508 e. The van der Waals surface area contributed by atoms with E-state index in [1.807, 2.05) is 24.3 Å². The van der Waals surface area contributed by atoms with Crippen LogP contribution in [0.4, 0.5) is 0 Å². The maximum absolute atomic E-state index is 10.9. The second-order valence-electron chi connectivity index (χ2n) is 8.00. The molecule has 4 aromatic carbocycles. The summed E-state index contributed by atoms with van der Waals surface area (Å²) in [6.45, 7) is 0. The lowest BCUT2D eigenvalue weighted by Crippen LogP contribution is -1.97. The number of phenolic OH excluding ortho intramolecular Hbond substituents is 4. The molecule has 4 aromatic rings. The van der Waals surface area contributed by atoms with Gasteiger partial charge < -0.3 is 29.9 Å². The van der Waals surface area contributed by atoms with Gasteiger partial charge in [0, 0.05) is 24.0 Å². The Kier molecular flexibility index (Phi) is 6.50. The van der Waals surface area contributed by atoms with E-state index in [1.165, 1.54) is 14.2 Å². The van der Waals surface area contributed by atoms with Crippen LogP contribution in [-0.4, -0.2) is 34.6 Å². The molecule has 0 amide bonds. The van der Waals surface area contributed by atoms with Crippen molar-refractivity contribution in [1.29, 1.82) is 0 Å². The lowest BCUT2D eigenvalue weighted by molar-refractivity contribution is 0.370. The van der Waals surface area contributed by atoms with Gasteiger partial charge in [0.1, 0.15) is 11.5 Å². The van der Waals surface area contributed by atoms with Crippen molar-refractivity contribution in [2.75, 3.05) is 14.2 Å². The van der Waals surface area contributed by atoms with Crippen LogP contribution in [0, 0.1) is 0 Å². The normalized spacial score (nSPS) is 10.8. The van der Waals surface area contributed by atoms with Gasteiger partial charge in [0.15, 0.2) is 23.0 Å². The Morgan fingerprint density at radius 1 is 0.559 bits per heavy atom. The summed E-state index contributed by atoms with van der Waals surface area (Å²) in [7, 11) is 2.91. The summed E-state index contributed by atoms with van der Waals surface area (Å²) in [5, 5.41) is 42.3. The Balaban J connectivity index is 1.84. The van der Waals surface area contributed by atoms with Crippen molar-refractivity contribution in [2.45, 2.75) is 12.8 Å². The summed E-state index contributed by atoms with van der Waals surface area (Å²) in [6, 6.07) is 21.0. The summed E-state index contributed by atoms with van der Waals surface area (Å²) >= 11 is 0. The first kappa shape index (κ1) is 22.9. The number of rotatable bonds is 7. The van der Waals surface area contributed by atoms with E-state index in [9.17, 15) is 20.4 Å². The summed E-state index contributed by atoms with van der Waals surface area (Å²) in [4.78, 5) is 0. The molecule has 0 saturated heterocycles. The molecule has 0 spiro atoms. The lowest BCUT2D eigenvalue weighted by Gasteiger charge is -2.17. The number of hydrogen-bond acceptors (Lipinski definition) is 6. The number of methoxy groups -OCH3 is 2. The van der Waals surface area contributed by atoms with Crippen molar-refractivity contribution in [2.24, 2.45) is 0 Å². The monoisotopic (exact) mass is 458 g/mol. The van der Waals surface area contributed by atoms with Gasteiger partial charge in [-0.05, 0) is 58.7 Å². The summed E-state index contributed by atoms with van der Waals surface area (Å²) in [6.07, 6.45) is 0.789. The molecule has 4 N–H and O–H groups in total. The number of para-hydroxylation sites is 2. The Labute approximate surface area is 197 Å². The largest absolute Gasteiger partial charge is 0.508 e. The molecule has 174 valence electrons. The van der Waals surface area contributed by atoms with E-state index in [0.717, 1.165) is 22.3 Å². The van der Waals surface area contributed by atoms with E-state index in [4.69, 9.17) is 9.47 Å². The Morgan fingerprint density at radius 3 is 1.29 bits per heavy atom. The van der Waals surface area contributed by atoms with Gasteiger partial charge >= 0.3 is 0 Å². The fourth-order valence-corrected chi connectivity index (χ4v) is 4.02. The topological polar surface area (TPSA) is 99.4 Å². The van der Waals surface area contributed by atoms with E-state index in [0.29, 0.717) is 24.0 Å². The highest BCUT2D eigenvalue weighted by Gasteiger charge is 2.20. The van der Waals surface area contributed by atoms with Gasteiger partial charge in [-0.2, -0.15) is 0 Å². The van der Waals surface area contributed by atoms with Crippen LogP contribution >= 0.6 is 0 Å². The molecule has 4 rings (SSSR count). The highest BCUT2D eigenvalue weighted by molar-refractivity contribution is 5.81. The molecule has 0 aromatic heterocycles. The molecule has 0 aliphatic carbocycles. The molecule has 6 nitrogen and oxygen atoms in total. The molecule has 0 heterocycles. The minimum atomic E-state index is -0.124. The van der Waals surface area contributed by atoms with Crippen molar-refractivity contribution < 1.29 is 29.9 Å².